The van der Waals surface area contributed by atoms with Crippen molar-refractivity contribution in [1.29, 1.82) is 0 Å². The summed E-state index contributed by atoms with van der Waals surface area (Å²) in [5.41, 5.74) is 3.81. The molecule has 4 rings (SSSR count). The van der Waals surface area contributed by atoms with Crippen molar-refractivity contribution in [2.24, 2.45) is 0 Å². The van der Waals surface area contributed by atoms with Crippen LogP contribution in [0.3, 0.4) is 0 Å². The van der Waals surface area contributed by atoms with Gasteiger partial charge in [-0.25, -0.2) is 9.97 Å². The Morgan fingerprint density at radius 1 is 1.00 bits per heavy atom. The summed E-state index contributed by atoms with van der Waals surface area (Å²) in [6, 6.07) is 16.8. The van der Waals surface area contributed by atoms with E-state index in [9.17, 15) is 0 Å². The fourth-order valence-electron chi connectivity index (χ4n) is 3.87. The van der Waals surface area contributed by atoms with E-state index in [0.717, 1.165) is 49.3 Å². The van der Waals surface area contributed by atoms with Crippen LogP contribution in [0.5, 0.6) is 0 Å². The van der Waals surface area contributed by atoms with Crippen LogP contribution in [-0.4, -0.2) is 29.7 Å². The van der Waals surface area contributed by atoms with E-state index in [1.54, 1.807) is 6.33 Å². The van der Waals surface area contributed by atoms with Gasteiger partial charge in [0.15, 0.2) is 0 Å². The maximum absolute atomic E-state index is 5.65. The first-order valence-electron chi connectivity index (χ1n) is 8.86. The number of nitrogens with one attached hydrogen (secondary N) is 1. The Labute approximate surface area is 148 Å². The van der Waals surface area contributed by atoms with Crippen molar-refractivity contribution in [1.82, 2.24) is 9.97 Å². The van der Waals surface area contributed by atoms with E-state index in [2.05, 4.69) is 52.5 Å². The van der Waals surface area contributed by atoms with Gasteiger partial charge in [-0.1, -0.05) is 36.4 Å². The molecule has 0 unspecified atom stereocenters. The van der Waals surface area contributed by atoms with Crippen LogP contribution in [0.1, 0.15) is 24.0 Å². The predicted octanol–water partition coefficient (Wildman–Crippen LogP) is 4.10. The van der Waals surface area contributed by atoms with Gasteiger partial charge in [-0.2, -0.15) is 0 Å². The van der Waals surface area contributed by atoms with E-state index < -0.39 is 0 Å². The molecule has 1 aliphatic rings. The number of anilines is 1. The average Bonchev–Trinajstić information content (AvgIpc) is 2.67. The minimum atomic E-state index is 0.0790. The highest BCUT2D eigenvalue weighted by Crippen LogP contribution is 2.37. The molecule has 128 valence electrons. The van der Waals surface area contributed by atoms with Gasteiger partial charge in [0.05, 0.1) is 5.52 Å². The molecule has 0 aliphatic carbocycles. The largest absolute Gasteiger partial charge is 0.381 e. The molecule has 2 heterocycles. The first-order chi connectivity index (χ1) is 12.3. The fraction of sp³-hybridized carbons (Fsp3) is 0.333. The summed E-state index contributed by atoms with van der Waals surface area (Å²) in [7, 11) is 0. The summed E-state index contributed by atoms with van der Waals surface area (Å²) in [5, 5.41) is 4.68. The van der Waals surface area contributed by atoms with Crippen molar-refractivity contribution in [2.75, 3.05) is 25.1 Å². The van der Waals surface area contributed by atoms with Gasteiger partial charge >= 0.3 is 0 Å². The SMILES string of the molecule is Cc1ccccc1C1(CNc2ncnc3ccccc23)CCOCC1. The molecule has 4 nitrogen and oxygen atoms in total. The van der Waals surface area contributed by atoms with Gasteiger partial charge in [0.1, 0.15) is 12.1 Å². The molecule has 0 radical (unpaired) electrons. The second-order valence-corrected chi connectivity index (χ2v) is 6.80. The Hall–Kier alpha value is -2.46. The molecule has 1 aliphatic heterocycles. The van der Waals surface area contributed by atoms with Crippen molar-refractivity contribution in [3.8, 4) is 0 Å². The predicted molar refractivity (Wildman–Crippen MR) is 101 cm³/mol. The summed E-state index contributed by atoms with van der Waals surface area (Å²) in [4.78, 5) is 8.84. The number of para-hydroxylation sites is 1. The maximum Gasteiger partial charge on any atom is 0.137 e. The van der Waals surface area contributed by atoms with E-state index in [4.69, 9.17) is 4.74 Å². The molecule has 1 aromatic heterocycles. The monoisotopic (exact) mass is 333 g/mol. The van der Waals surface area contributed by atoms with Gasteiger partial charge in [-0.15, -0.1) is 0 Å². The minimum Gasteiger partial charge on any atom is -0.381 e. The van der Waals surface area contributed by atoms with Crippen LogP contribution in [0.25, 0.3) is 10.9 Å². The zero-order chi connectivity index (χ0) is 17.1. The summed E-state index contributed by atoms with van der Waals surface area (Å²) in [6.07, 6.45) is 3.68. The molecule has 0 amide bonds. The number of ether oxygens (including phenoxy) is 1. The Morgan fingerprint density at radius 3 is 2.60 bits per heavy atom. The van der Waals surface area contributed by atoms with E-state index >= 15 is 0 Å². The summed E-state index contributed by atoms with van der Waals surface area (Å²) in [6.45, 7) is 4.66. The third-order valence-electron chi connectivity index (χ3n) is 5.30. The number of fused-ring (bicyclic) bond motifs is 1. The number of hydrogen-bond acceptors (Lipinski definition) is 4. The average molecular weight is 333 g/mol. The molecule has 25 heavy (non-hydrogen) atoms. The number of benzene rings is 2. The Morgan fingerprint density at radius 2 is 1.76 bits per heavy atom. The molecule has 2 aromatic carbocycles. The molecule has 1 N–H and O–H groups in total. The van der Waals surface area contributed by atoms with Crippen LogP contribution in [0, 0.1) is 6.92 Å². The molecule has 0 saturated carbocycles. The van der Waals surface area contributed by atoms with Crippen LogP contribution in [-0.2, 0) is 10.2 Å². The normalized spacial score (nSPS) is 16.7. The van der Waals surface area contributed by atoms with Crippen molar-refractivity contribution < 1.29 is 4.74 Å². The lowest BCUT2D eigenvalue weighted by Gasteiger charge is -2.39. The first kappa shape index (κ1) is 16.0. The van der Waals surface area contributed by atoms with Crippen molar-refractivity contribution in [3.63, 3.8) is 0 Å². The highest BCUT2D eigenvalue weighted by Gasteiger charge is 2.35. The van der Waals surface area contributed by atoms with Crippen molar-refractivity contribution in [3.05, 3.63) is 66.0 Å². The highest BCUT2D eigenvalue weighted by atomic mass is 16.5. The van der Waals surface area contributed by atoms with Gasteiger partial charge in [0, 0.05) is 30.6 Å². The summed E-state index contributed by atoms with van der Waals surface area (Å²) >= 11 is 0. The van der Waals surface area contributed by atoms with E-state index in [1.807, 2.05) is 18.2 Å². The van der Waals surface area contributed by atoms with Crippen LogP contribution >= 0.6 is 0 Å². The van der Waals surface area contributed by atoms with Crippen LogP contribution < -0.4 is 5.32 Å². The zero-order valence-electron chi connectivity index (χ0n) is 14.5. The maximum atomic E-state index is 5.65. The highest BCUT2D eigenvalue weighted by molar-refractivity contribution is 5.88. The molecule has 3 aromatic rings. The van der Waals surface area contributed by atoms with Gasteiger partial charge in [0.2, 0.25) is 0 Å². The number of hydrogen-bond donors (Lipinski definition) is 1. The molecule has 0 bridgehead atoms. The number of rotatable bonds is 4. The third kappa shape index (κ3) is 3.10. The zero-order valence-corrected chi connectivity index (χ0v) is 14.5. The lowest BCUT2D eigenvalue weighted by molar-refractivity contribution is 0.0542. The topological polar surface area (TPSA) is 47.0 Å². The number of nitrogens with zero attached hydrogens (tertiary/aromatic N) is 2. The van der Waals surface area contributed by atoms with Crippen LogP contribution in [0.15, 0.2) is 54.9 Å². The number of aromatic nitrogens is 2. The Kier molecular flexibility index (Phi) is 4.36. The molecule has 0 spiro atoms. The van der Waals surface area contributed by atoms with Gasteiger partial charge < -0.3 is 10.1 Å². The molecule has 1 saturated heterocycles. The van der Waals surface area contributed by atoms with Crippen LogP contribution in [0.2, 0.25) is 0 Å². The van der Waals surface area contributed by atoms with Crippen LogP contribution in [0.4, 0.5) is 5.82 Å². The summed E-state index contributed by atoms with van der Waals surface area (Å²) < 4.78 is 5.65. The fourth-order valence-corrected chi connectivity index (χ4v) is 3.87. The summed E-state index contributed by atoms with van der Waals surface area (Å²) in [5.74, 6) is 0.907. The first-order valence-corrected chi connectivity index (χ1v) is 8.86. The quantitative estimate of drug-likeness (QED) is 0.781. The van der Waals surface area contributed by atoms with E-state index in [0.29, 0.717) is 0 Å². The van der Waals surface area contributed by atoms with E-state index in [-0.39, 0.29) is 5.41 Å². The van der Waals surface area contributed by atoms with Gasteiger partial charge in [-0.3, -0.25) is 0 Å². The smallest absolute Gasteiger partial charge is 0.137 e. The Balaban J connectivity index is 1.67. The lowest BCUT2D eigenvalue weighted by Crippen LogP contribution is -2.40. The third-order valence-corrected chi connectivity index (χ3v) is 5.30. The standard InChI is InChI=1S/C21H23N3O/c1-16-6-2-4-8-18(16)21(10-12-25-13-11-21)14-22-20-17-7-3-5-9-19(17)23-15-24-20/h2-9,15H,10-14H2,1H3,(H,22,23,24). The molecule has 1 fully saturated rings. The lowest BCUT2D eigenvalue weighted by atomic mass is 9.72. The minimum absolute atomic E-state index is 0.0790. The Bertz CT molecular complexity index is 866. The molecule has 0 atom stereocenters. The molecule has 4 heteroatoms. The van der Waals surface area contributed by atoms with E-state index in [1.165, 1.54) is 11.1 Å². The van der Waals surface area contributed by atoms with Gasteiger partial charge in [0.25, 0.3) is 0 Å². The second kappa shape index (κ2) is 6.81. The molecular formula is C21H23N3O. The molecular weight excluding hydrogens is 310 g/mol. The van der Waals surface area contributed by atoms with Crippen molar-refractivity contribution >= 4 is 16.7 Å². The van der Waals surface area contributed by atoms with Gasteiger partial charge in [-0.05, 0) is 43.0 Å². The van der Waals surface area contributed by atoms with Crippen molar-refractivity contribution in [2.45, 2.75) is 25.2 Å². The second-order valence-electron chi connectivity index (χ2n) is 6.80. The number of aryl methyl sites for hydroxylation is 1.